The van der Waals surface area contributed by atoms with E-state index >= 15 is 0 Å². The second-order valence-corrected chi connectivity index (χ2v) is 1.15. The van der Waals surface area contributed by atoms with E-state index in [-0.39, 0.29) is 31.0 Å². The standard InChI is InChI=1S/C3H4F4O.Na.H/c4-1(2(5)6)3(7)8;;/h1-3,8H;;/q;+1;-1. The summed E-state index contributed by atoms with van der Waals surface area (Å²) in [6.45, 7) is 0. The molecule has 1 nitrogen and oxygen atoms in total. The maximum absolute atomic E-state index is 11.3. The van der Waals surface area contributed by atoms with Crippen LogP contribution in [-0.4, -0.2) is 24.1 Å². The fraction of sp³-hybridized carbons (Fsp3) is 1.00. The Bertz CT molecular complexity index is 65.5. The van der Waals surface area contributed by atoms with Crippen LogP contribution in [0, 0.1) is 0 Å². The van der Waals surface area contributed by atoms with Gasteiger partial charge < -0.3 is 6.53 Å². The van der Waals surface area contributed by atoms with Crippen LogP contribution in [0.4, 0.5) is 17.6 Å². The zero-order valence-electron chi connectivity index (χ0n) is 5.69. The van der Waals surface area contributed by atoms with E-state index in [0.29, 0.717) is 0 Å². The van der Waals surface area contributed by atoms with Crippen molar-refractivity contribution in [2.75, 3.05) is 0 Å². The summed E-state index contributed by atoms with van der Waals surface area (Å²) in [7, 11) is 0. The van der Waals surface area contributed by atoms with Crippen molar-refractivity contribution >= 4 is 0 Å². The predicted molar refractivity (Wildman–Crippen MR) is 19.1 cm³/mol. The smallest absolute Gasteiger partial charge is 1.00 e. The fourth-order valence-electron chi connectivity index (χ4n) is 0.120. The molecule has 9 heavy (non-hydrogen) atoms. The van der Waals surface area contributed by atoms with E-state index in [9.17, 15) is 17.6 Å². The first-order valence-corrected chi connectivity index (χ1v) is 1.80. The number of hydrogen-bond acceptors (Lipinski definition) is 1. The van der Waals surface area contributed by atoms with E-state index in [2.05, 4.69) is 0 Å². The van der Waals surface area contributed by atoms with Gasteiger partial charge in [0.05, 0.1) is 0 Å². The van der Waals surface area contributed by atoms with E-state index < -0.39 is 19.0 Å². The first-order valence-electron chi connectivity index (χ1n) is 1.80. The van der Waals surface area contributed by atoms with E-state index in [0.717, 1.165) is 0 Å². The number of halogens is 4. The van der Waals surface area contributed by atoms with Gasteiger partial charge in [0.1, 0.15) is 0 Å². The van der Waals surface area contributed by atoms with Crippen molar-refractivity contribution in [3.63, 3.8) is 0 Å². The molecule has 0 aliphatic carbocycles. The maximum atomic E-state index is 11.3. The van der Waals surface area contributed by atoms with Gasteiger partial charge in [0.25, 0.3) is 6.43 Å². The summed E-state index contributed by atoms with van der Waals surface area (Å²) in [6.07, 6.45) is -9.60. The van der Waals surface area contributed by atoms with Gasteiger partial charge in [0.15, 0.2) is 0 Å². The Hall–Kier alpha value is 0.680. The molecule has 0 saturated heterocycles. The number of aliphatic hydroxyl groups excluding tert-OH is 1. The molecule has 2 unspecified atom stereocenters. The SMILES string of the molecule is OC(F)C(F)C(F)F.[H-].[Na+]. The molecule has 52 valence electrons. The topological polar surface area (TPSA) is 20.2 Å². The molecule has 0 aromatic rings. The van der Waals surface area contributed by atoms with Crippen molar-refractivity contribution in [1.82, 2.24) is 0 Å². The van der Waals surface area contributed by atoms with Crippen molar-refractivity contribution in [1.29, 1.82) is 0 Å². The maximum Gasteiger partial charge on any atom is 1.00 e. The molecular formula is C3H5F4NaO. The molecule has 0 aromatic carbocycles. The van der Waals surface area contributed by atoms with Gasteiger partial charge in [-0.05, 0) is 0 Å². The van der Waals surface area contributed by atoms with E-state index in [1.165, 1.54) is 0 Å². The molecule has 6 heteroatoms. The Labute approximate surface area is 72.8 Å². The number of hydrogen-bond donors (Lipinski definition) is 1. The summed E-state index contributed by atoms with van der Waals surface area (Å²) in [5.41, 5.74) is 0. The van der Waals surface area contributed by atoms with Gasteiger partial charge >= 0.3 is 29.6 Å². The Balaban J connectivity index is -0.000000245. The van der Waals surface area contributed by atoms with Crippen molar-refractivity contribution in [3.8, 4) is 0 Å². The molecule has 0 radical (unpaired) electrons. The van der Waals surface area contributed by atoms with Crippen molar-refractivity contribution in [2.24, 2.45) is 0 Å². The molecular weight excluding hydrogens is 151 g/mol. The molecule has 0 fully saturated rings. The molecule has 0 spiro atoms. The fourth-order valence-corrected chi connectivity index (χ4v) is 0.120. The van der Waals surface area contributed by atoms with Gasteiger partial charge in [-0.15, -0.1) is 0 Å². The van der Waals surface area contributed by atoms with Gasteiger partial charge in [0.2, 0.25) is 12.5 Å². The molecule has 0 aromatic heterocycles. The number of alkyl halides is 4. The van der Waals surface area contributed by atoms with Crippen LogP contribution >= 0.6 is 0 Å². The van der Waals surface area contributed by atoms with Crippen LogP contribution in [0.3, 0.4) is 0 Å². The van der Waals surface area contributed by atoms with Gasteiger partial charge in [0, 0.05) is 0 Å². The van der Waals surface area contributed by atoms with Crippen LogP contribution in [0.1, 0.15) is 1.43 Å². The molecule has 0 rings (SSSR count). The molecule has 1 N–H and O–H groups in total. The summed E-state index contributed by atoms with van der Waals surface area (Å²) in [6, 6.07) is 0. The van der Waals surface area contributed by atoms with Gasteiger partial charge in [-0.25, -0.2) is 17.6 Å². The van der Waals surface area contributed by atoms with Gasteiger partial charge in [-0.3, -0.25) is 0 Å². The minimum absolute atomic E-state index is 0. The predicted octanol–water partition coefficient (Wildman–Crippen LogP) is -2.01. The summed E-state index contributed by atoms with van der Waals surface area (Å²) in [5.74, 6) is 0. The van der Waals surface area contributed by atoms with Crippen molar-refractivity contribution in [2.45, 2.75) is 19.0 Å². The molecule has 0 aliphatic rings. The van der Waals surface area contributed by atoms with Crippen LogP contribution in [-0.2, 0) is 0 Å². The van der Waals surface area contributed by atoms with Crippen molar-refractivity contribution < 1.29 is 53.7 Å². The van der Waals surface area contributed by atoms with Crippen LogP contribution in [0.25, 0.3) is 0 Å². The molecule has 0 heterocycles. The van der Waals surface area contributed by atoms with Crippen LogP contribution < -0.4 is 29.6 Å². The zero-order chi connectivity index (χ0) is 6.73. The van der Waals surface area contributed by atoms with Crippen LogP contribution in [0.2, 0.25) is 0 Å². The Morgan fingerprint density at radius 2 is 1.44 bits per heavy atom. The second kappa shape index (κ2) is 5.46. The molecule has 2 atom stereocenters. The third kappa shape index (κ3) is 5.14. The van der Waals surface area contributed by atoms with Gasteiger partial charge in [-0.1, -0.05) is 0 Å². The number of rotatable bonds is 2. The van der Waals surface area contributed by atoms with E-state index in [4.69, 9.17) is 5.11 Å². The zero-order valence-corrected chi connectivity index (χ0v) is 6.69. The third-order valence-electron chi connectivity index (χ3n) is 0.503. The quantitative estimate of drug-likeness (QED) is 0.362. The number of aliphatic hydroxyl groups is 1. The minimum Gasteiger partial charge on any atom is -1.00 e. The third-order valence-corrected chi connectivity index (χ3v) is 0.503. The monoisotopic (exact) mass is 156 g/mol. The van der Waals surface area contributed by atoms with Crippen LogP contribution in [0.15, 0.2) is 0 Å². The van der Waals surface area contributed by atoms with E-state index in [1.807, 2.05) is 0 Å². The Morgan fingerprint density at radius 3 is 1.44 bits per heavy atom. The average molecular weight is 156 g/mol. The van der Waals surface area contributed by atoms with E-state index in [1.54, 1.807) is 0 Å². The average Bonchev–Trinajstić information content (AvgIpc) is 1.64. The minimum atomic E-state index is -3.45. The van der Waals surface area contributed by atoms with Gasteiger partial charge in [-0.2, -0.15) is 0 Å². The summed E-state index contributed by atoms with van der Waals surface area (Å²) >= 11 is 0. The second-order valence-electron chi connectivity index (χ2n) is 1.15. The Morgan fingerprint density at radius 1 is 1.11 bits per heavy atom. The molecule has 0 bridgehead atoms. The largest absolute Gasteiger partial charge is 1.00 e. The summed E-state index contributed by atoms with van der Waals surface area (Å²) < 4.78 is 44.1. The summed E-state index contributed by atoms with van der Waals surface area (Å²) in [5, 5.41) is 7.47. The first kappa shape index (κ1) is 12.4. The molecule has 0 amide bonds. The molecule has 0 saturated carbocycles. The molecule has 0 aliphatic heterocycles. The van der Waals surface area contributed by atoms with Crippen LogP contribution in [0.5, 0.6) is 0 Å². The Kier molecular flexibility index (Phi) is 7.51. The van der Waals surface area contributed by atoms with Crippen molar-refractivity contribution in [3.05, 3.63) is 0 Å². The first-order chi connectivity index (χ1) is 3.55. The summed E-state index contributed by atoms with van der Waals surface area (Å²) in [4.78, 5) is 0. The normalized spacial score (nSPS) is 16.7.